The van der Waals surface area contributed by atoms with Crippen LogP contribution in [0.25, 0.3) is 0 Å². The van der Waals surface area contributed by atoms with Crippen LogP contribution in [0.15, 0.2) is 18.2 Å². The number of methoxy groups -OCH3 is 1. The Morgan fingerprint density at radius 1 is 1.50 bits per heavy atom. The number of aryl methyl sites for hydroxylation is 1. The summed E-state index contributed by atoms with van der Waals surface area (Å²) in [5.41, 5.74) is 2.06. The van der Waals surface area contributed by atoms with Gasteiger partial charge in [-0.1, -0.05) is 0 Å². The van der Waals surface area contributed by atoms with Gasteiger partial charge in [0.2, 0.25) is 6.41 Å². The summed E-state index contributed by atoms with van der Waals surface area (Å²) in [7, 11) is 1.65. The SMILES string of the molecule is COc1ccc(N(C=O)CC2CC2)c(C)c1. The quantitative estimate of drug-likeness (QED) is 0.711. The average Bonchev–Trinajstić information content (AvgIpc) is 3.10. The van der Waals surface area contributed by atoms with Gasteiger partial charge in [-0.15, -0.1) is 0 Å². The fraction of sp³-hybridized carbons (Fsp3) is 0.462. The lowest BCUT2D eigenvalue weighted by Gasteiger charge is -2.19. The number of rotatable bonds is 5. The number of benzene rings is 1. The first-order valence-electron chi connectivity index (χ1n) is 5.61. The predicted molar refractivity (Wildman–Crippen MR) is 63.9 cm³/mol. The van der Waals surface area contributed by atoms with Crippen LogP contribution in [0.4, 0.5) is 5.69 Å². The van der Waals surface area contributed by atoms with Crippen molar-refractivity contribution in [2.75, 3.05) is 18.6 Å². The molecule has 0 aliphatic heterocycles. The van der Waals surface area contributed by atoms with E-state index in [0.29, 0.717) is 5.92 Å². The van der Waals surface area contributed by atoms with Gasteiger partial charge in [-0.25, -0.2) is 0 Å². The molecule has 0 bridgehead atoms. The van der Waals surface area contributed by atoms with Gasteiger partial charge >= 0.3 is 0 Å². The number of nitrogens with zero attached hydrogens (tertiary/aromatic N) is 1. The van der Waals surface area contributed by atoms with Crippen LogP contribution in [-0.2, 0) is 4.79 Å². The fourth-order valence-electron chi connectivity index (χ4n) is 1.85. The Bertz CT molecular complexity index is 386. The molecule has 1 aliphatic rings. The van der Waals surface area contributed by atoms with Crippen molar-refractivity contribution < 1.29 is 9.53 Å². The first-order valence-corrected chi connectivity index (χ1v) is 5.61. The number of anilines is 1. The number of carbonyl (C=O) groups excluding carboxylic acids is 1. The molecule has 0 heterocycles. The molecule has 0 aromatic heterocycles. The predicted octanol–water partition coefficient (Wildman–Crippen LogP) is 2.38. The average molecular weight is 219 g/mol. The molecule has 86 valence electrons. The Kier molecular flexibility index (Phi) is 3.13. The van der Waals surface area contributed by atoms with Gasteiger partial charge in [0, 0.05) is 12.2 Å². The Morgan fingerprint density at radius 2 is 2.25 bits per heavy atom. The summed E-state index contributed by atoms with van der Waals surface area (Å²) < 4.78 is 5.15. The molecule has 0 unspecified atom stereocenters. The van der Waals surface area contributed by atoms with Crippen molar-refractivity contribution in [1.29, 1.82) is 0 Å². The van der Waals surface area contributed by atoms with Gasteiger partial charge in [0.05, 0.1) is 7.11 Å². The fourth-order valence-corrected chi connectivity index (χ4v) is 1.85. The zero-order valence-electron chi connectivity index (χ0n) is 9.77. The van der Waals surface area contributed by atoms with Crippen LogP contribution in [0, 0.1) is 12.8 Å². The van der Waals surface area contributed by atoms with Gasteiger partial charge < -0.3 is 9.64 Å². The molecular formula is C13H17NO2. The van der Waals surface area contributed by atoms with Crippen LogP contribution in [0.2, 0.25) is 0 Å². The van der Waals surface area contributed by atoms with Crippen LogP contribution in [-0.4, -0.2) is 20.1 Å². The highest BCUT2D eigenvalue weighted by molar-refractivity contribution is 5.77. The second-order valence-electron chi connectivity index (χ2n) is 4.35. The monoisotopic (exact) mass is 219 g/mol. The molecule has 3 nitrogen and oxygen atoms in total. The molecule has 0 N–H and O–H groups in total. The van der Waals surface area contributed by atoms with Crippen molar-refractivity contribution in [2.24, 2.45) is 5.92 Å². The number of carbonyl (C=O) groups is 1. The lowest BCUT2D eigenvalue weighted by Crippen LogP contribution is -2.24. The number of hydrogen-bond donors (Lipinski definition) is 0. The summed E-state index contributed by atoms with van der Waals surface area (Å²) in [4.78, 5) is 12.9. The lowest BCUT2D eigenvalue weighted by atomic mass is 10.1. The Balaban J connectivity index is 2.19. The van der Waals surface area contributed by atoms with E-state index in [-0.39, 0.29) is 0 Å². The third-order valence-corrected chi connectivity index (χ3v) is 2.99. The van der Waals surface area contributed by atoms with E-state index >= 15 is 0 Å². The van der Waals surface area contributed by atoms with Gasteiger partial charge in [-0.3, -0.25) is 4.79 Å². The van der Waals surface area contributed by atoms with Gasteiger partial charge in [-0.2, -0.15) is 0 Å². The maximum absolute atomic E-state index is 11.1. The Morgan fingerprint density at radius 3 is 2.75 bits per heavy atom. The maximum atomic E-state index is 11.1. The molecule has 1 fully saturated rings. The van der Waals surface area contributed by atoms with E-state index in [1.165, 1.54) is 12.8 Å². The minimum absolute atomic E-state index is 0.701. The Labute approximate surface area is 96.0 Å². The molecule has 1 aromatic carbocycles. The smallest absolute Gasteiger partial charge is 0.214 e. The van der Waals surface area contributed by atoms with Gasteiger partial charge in [-0.05, 0) is 49.4 Å². The van der Waals surface area contributed by atoms with Crippen molar-refractivity contribution in [3.8, 4) is 5.75 Å². The van der Waals surface area contributed by atoms with Crippen molar-refractivity contribution in [3.05, 3.63) is 23.8 Å². The topological polar surface area (TPSA) is 29.5 Å². The molecule has 0 spiro atoms. The van der Waals surface area contributed by atoms with Crippen molar-refractivity contribution in [3.63, 3.8) is 0 Å². The van der Waals surface area contributed by atoms with E-state index in [9.17, 15) is 4.79 Å². The zero-order valence-corrected chi connectivity index (χ0v) is 9.77. The molecule has 2 rings (SSSR count). The zero-order chi connectivity index (χ0) is 11.5. The van der Waals surface area contributed by atoms with Crippen molar-refractivity contribution in [1.82, 2.24) is 0 Å². The van der Waals surface area contributed by atoms with E-state index in [1.54, 1.807) is 12.0 Å². The van der Waals surface area contributed by atoms with Gasteiger partial charge in [0.1, 0.15) is 5.75 Å². The largest absolute Gasteiger partial charge is 0.497 e. The molecule has 1 amide bonds. The molecule has 1 saturated carbocycles. The summed E-state index contributed by atoms with van der Waals surface area (Å²) in [6, 6.07) is 5.80. The molecule has 0 atom stereocenters. The van der Waals surface area contributed by atoms with E-state index in [1.807, 2.05) is 25.1 Å². The molecule has 0 saturated heterocycles. The summed E-state index contributed by atoms with van der Waals surface area (Å²) in [6.07, 6.45) is 3.42. The second-order valence-corrected chi connectivity index (χ2v) is 4.35. The molecule has 16 heavy (non-hydrogen) atoms. The maximum Gasteiger partial charge on any atom is 0.214 e. The highest BCUT2D eigenvalue weighted by Crippen LogP contribution is 2.32. The highest BCUT2D eigenvalue weighted by Gasteiger charge is 2.24. The molecular weight excluding hydrogens is 202 g/mol. The normalized spacial score (nSPS) is 14.6. The molecule has 0 radical (unpaired) electrons. The third kappa shape index (κ3) is 2.35. The van der Waals surface area contributed by atoms with E-state index < -0.39 is 0 Å². The first-order chi connectivity index (χ1) is 7.74. The third-order valence-electron chi connectivity index (χ3n) is 2.99. The highest BCUT2D eigenvalue weighted by atomic mass is 16.5. The molecule has 1 aliphatic carbocycles. The van der Waals surface area contributed by atoms with E-state index in [0.717, 1.165) is 30.0 Å². The minimum atomic E-state index is 0.701. The summed E-state index contributed by atoms with van der Waals surface area (Å²) in [5.74, 6) is 1.53. The van der Waals surface area contributed by atoms with Crippen LogP contribution >= 0.6 is 0 Å². The van der Waals surface area contributed by atoms with Gasteiger partial charge in [0.25, 0.3) is 0 Å². The lowest BCUT2D eigenvalue weighted by molar-refractivity contribution is -0.107. The number of ether oxygens (including phenoxy) is 1. The number of amides is 1. The van der Waals surface area contributed by atoms with E-state index in [2.05, 4.69) is 0 Å². The molecule has 3 heteroatoms. The van der Waals surface area contributed by atoms with E-state index in [4.69, 9.17) is 4.74 Å². The molecule has 1 aromatic rings. The second kappa shape index (κ2) is 4.56. The summed E-state index contributed by atoms with van der Waals surface area (Å²) in [6.45, 7) is 2.85. The summed E-state index contributed by atoms with van der Waals surface area (Å²) >= 11 is 0. The van der Waals surface area contributed by atoms with Crippen LogP contribution in [0.1, 0.15) is 18.4 Å². The minimum Gasteiger partial charge on any atom is -0.497 e. The first kappa shape index (κ1) is 11.0. The van der Waals surface area contributed by atoms with Crippen LogP contribution < -0.4 is 9.64 Å². The van der Waals surface area contributed by atoms with Gasteiger partial charge in [0.15, 0.2) is 0 Å². The van der Waals surface area contributed by atoms with Crippen LogP contribution in [0.5, 0.6) is 5.75 Å². The van der Waals surface area contributed by atoms with Crippen molar-refractivity contribution >= 4 is 12.1 Å². The summed E-state index contributed by atoms with van der Waals surface area (Å²) in [5, 5.41) is 0. The Hall–Kier alpha value is -1.51. The van der Waals surface area contributed by atoms with Crippen molar-refractivity contribution in [2.45, 2.75) is 19.8 Å². The van der Waals surface area contributed by atoms with Crippen LogP contribution in [0.3, 0.4) is 0 Å². The standard InChI is InChI=1S/C13H17NO2/c1-10-7-12(16-2)5-6-13(10)14(9-15)8-11-3-4-11/h5-7,9,11H,3-4,8H2,1-2H3. The number of hydrogen-bond acceptors (Lipinski definition) is 2.